The molecule has 1 aromatic heterocycles. The Hall–Kier alpha value is -2.50. The van der Waals surface area contributed by atoms with Gasteiger partial charge in [0.2, 0.25) is 5.95 Å². The Morgan fingerprint density at radius 1 is 1.14 bits per heavy atom. The molecule has 1 N–H and O–H groups in total. The second-order valence-electron chi connectivity index (χ2n) is 4.96. The van der Waals surface area contributed by atoms with Crippen LogP contribution in [-0.2, 0) is 6.54 Å². The lowest BCUT2D eigenvalue weighted by Crippen LogP contribution is -2.15. The molecular formula is C15H18N4O2. The highest BCUT2D eigenvalue weighted by Gasteiger charge is 2.11. The highest BCUT2D eigenvalue weighted by atomic mass is 16.6. The molecule has 21 heavy (non-hydrogen) atoms. The molecule has 2 heterocycles. The minimum Gasteiger partial charge on any atom is -0.486 e. The zero-order valence-corrected chi connectivity index (χ0v) is 12.2. The zero-order valence-electron chi connectivity index (χ0n) is 12.2. The maximum atomic E-state index is 5.58. The summed E-state index contributed by atoms with van der Waals surface area (Å²) in [5, 5.41) is 3.22. The summed E-state index contributed by atoms with van der Waals surface area (Å²) in [6.07, 6.45) is 1.74. The van der Waals surface area contributed by atoms with Gasteiger partial charge in [-0.05, 0) is 23.8 Å². The first kappa shape index (κ1) is 13.5. The Morgan fingerprint density at radius 2 is 1.95 bits per heavy atom. The van der Waals surface area contributed by atoms with Gasteiger partial charge in [0.25, 0.3) is 0 Å². The van der Waals surface area contributed by atoms with Crippen LogP contribution in [0.1, 0.15) is 5.56 Å². The molecule has 0 saturated heterocycles. The normalized spacial score (nSPS) is 12.9. The van der Waals surface area contributed by atoms with Crippen molar-refractivity contribution in [3.63, 3.8) is 0 Å². The van der Waals surface area contributed by atoms with Crippen LogP contribution in [0.4, 0.5) is 11.8 Å². The topological polar surface area (TPSA) is 59.5 Å². The molecule has 6 nitrogen and oxygen atoms in total. The van der Waals surface area contributed by atoms with Crippen molar-refractivity contribution in [1.82, 2.24) is 9.97 Å². The summed E-state index contributed by atoms with van der Waals surface area (Å²) in [4.78, 5) is 10.6. The Morgan fingerprint density at radius 3 is 2.76 bits per heavy atom. The monoisotopic (exact) mass is 286 g/mol. The van der Waals surface area contributed by atoms with Gasteiger partial charge >= 0.3 is 0 Å². The number of nitrogens with one attached hydrogen (secondary N) is 1. The molecule has 0 spiro atoms. The van der Waals surface area contributed by atoms with Gasteiger partial charge in [-0.3, -0.25) is 0 Å². The highest BCUT2D eigenvalue weighted by Crippen LogP contribution is 2.30. The standard InChI is InChI=1S/C15H18N4O2/c1-19(2)14-5-6-16-15(18-14)17-10-11-3-4-12-13(9-11)21-8-7-20-12/h3-6,9H,7-8,10H2,1-2H3,(H,16,17,18). The fourth-order valence-corrected chi connectivity index (χ4v) is 2.06. The van der Waals surface area contributed by atoms with Crippen LogP contribution in [-0.4, -0.2) is 37.3 Å². The summed E-state index contributed by atoms with van der Waals surface area (Å²) >= 11 is 0. The van der Waals surface area contributed by atoms with Crippen molar-refractivity contribution in [3.05, 3.63) is 36.0 Å². The van der Waals surface area contributed by atoms with E-state index in [4.69, 9.17) is 9.47 Å². The number of fused-ring (bicyclic) bond motifs is 1. The number of aromatic nitrogens is 2. The molecule has 2 aromatic rings. The Balaban J connectivity index is 1.68. The summed E-state index contributed by atoms with van der Waals surface area (Å²) in [5.74, 6) is 3.07. The summed E-state index contributed by atoms with van der Waals surface area (Å²) < 4.78 is 11.1. The first-order chi connectivity index (χ1) is 10.2. The SMILES string of the molecule is CN(C)c1ccnc(NCc2ccc3c(c2)OCCO3)n1. The van der Waals surface area contributed by atoms with Crippen LogP contribution in [0.25, 0.3) is 0 Å². The van der Waals surface area contributed by atoms with E-state index < -0.39 is 0 Å². The van der Waals surface area contributed by atoms with Crippen molar-refractivity contribution in [1.29, 1.82) is 0 Å². The molecule has 0 bridgehead atoms. The molecule has 1 aliphatic heterocycles. The van der Waals surface area contributed by atoms with Gasteiger partial charge in [0.15, 0.2) is 11.5 Å². The summed E-state index contributed by atoms with van der Waals surface area (Å²) in [5.41, 5.74) is 1.10. The number of ether oxygens (including phenoxy) is 2. The van der Waals surface area contributed by atoms with Crippen LogP contribution < -0.4 is 19.7 Å². The number of hydrogen-bond acceptors (Lipinski definition) is 6. The predicted molar refractivity (Wildman–Crippen MR) is 81.1 cm³/mol. The predicted octanol–water partition coefficient (Wildman–Crippen LogP) is 1.93. The molecule has 110 valence electrons. The van der Waals surface area contributed by atoms with Crippen LogP contribution in [0.3, 0.4) is 0 Å². The van der Waals surface area contributed by atoms with E-state index in [-0.39, 0.29) is 0 Å². The second-order valence-corrected chi connectivity index (χ2v) is 4.96. The van der Waals surface area contributed by atoms with Crippen molar-refractivity contribution in [2.75, 3.05) is 37.5 Å². The molecule has 0 unspecified atom stereocenters. The van der Waals surface area contributed by atoms with E-state index in [9.17, 15) is 0 Å². The Labute approximate surface area is 123 Å². The molecule has 0 aliphatic carbocycles. The number of nitrogens with zero attached hydrogens (tertiary/aromatic N) is 3. The second kappa shape index (κ2) is 5.87. The average Bonchev–Trinajstić information content (AvgIpc) is 2.53. The number of anilines is 2. The van der Waals surface area contributed by atoms with Gasteiger partial charge in [0.1, 0.15) is 19.0 Å². The van der Waals surface area contributed by atoms with Crippen molar-refractivity contribution >= 4 is 11.8 Å². The van der Waals surface area contributed by atoms with Crippen LogP contribution in [0, 0.1) is 0 Å². The van der Waals surface area contributed by atoms with Crippen LogP contribution >= 0.6 is 0 Å². The van der Waals surface area contributed by atoms with Crippen LogP contribution in [0.5, 0.6) is 11.5 Å². The number of rotatable bonds is 4. The molecule has 0 amide bonds. The van der Waals surface area contributed by atoms with Gasteiger partial charge in [-0.1, -0.05) is 6.07 Å². The van der Waals surface area contributed by atoms with Crippen molar-refractivity contribution in [3.8, 4) is 11.5 Å². The zero-order chi connectivity index (χ0) is 14.7. The molecule has 0 radical (unpaired) electrons. The van der Waals surface area contributed by atoms with Crippen molar-refractivity contribution in [2.24, 2.45) is 0 Å². The van der Waals surface area contributed by atoms with Crippen molar-refractivity contribution in [2.45, 2.75) is 6.54 Å². The van der Waals surface area contributed by atoms with Crippen LogP contribution in [0.15, 0.2) is 30.5 Å². The summed E-state index contributed by atoms with van der Waals surface area (Å²) in [6, 6.07) is 7.80. The van der Waals surface area contributed by atoms with E-state index in [0.29, 0.717) is 25.7 Å². The third-order valence-electron chi connectivity index (χ3n) is 3.16. The molecule has 0 atom stereocenters. The van der Waals surface area contributed by atoms with Gasteiger partial charge in [0, 0.05) is 26.8 Å². The lowest BCUT2D eigenvalue weighted by atomic mass is 10.2. The van der Waals surface area contributed by atoms with E-state index in [0.717, 1.165) is 22.9 Å². The van der Waals surface area contributed by atoms with Gasteiger partial charge < -0.3 is 19.7 Å². The Bertz CT molecular complexity index is 631. The van der Waals surface area contributed by atoms with E-state index in [1.807, 2.05) is 43.3 Å². The van der Waals surface area contributed by atoms with E-state index in [2.05, 4.69) is 15.3 Å². The quantitative estimate of drug-likeness (QED) is 0.926. The molecular weight excluding hydrogens is 268 g/mol. The fourth-order valence-electron chi connectivity index (χ4n) is 2.06. The molecule has 0 fully saturated rings. The van der Waals surface area contributed by atoms with Gasteiger partial charge in [-0.25, -0.2) is 4.98 Å². The Kier molecular flexibility index (Phi) is 3.77. The lowest BCUT2D eigenvalue weighted by molar-refractivity contribution is 0.171. The molecule has 1 aromatic carbocycles. The van der Waals surface area contributed by atoms with Gasteiger partial charge in [-0.2, -0.15) is 4.98 Å². The fraction of sp³-hybridized carbons (Fsp3) is 0.333. The molecule has 6 heteroatoms. The van der Waals surface area contributed by atoms with Crippen LogP contribution in [0.2, 0.25) is 0 Å². The largest absolute Gasteiger partial charge is 0.486 e. The summed E-state index contributed by atoms with van der Waals surface area (Å²) in [6.45, 7) is 1.83. The molecule has 1 aliphatic rings. The minimum absolute atomic E-state index is 0.595. The first-order valence-electron chi connectivity index (χ1n) is 6.85. The first-order valence-corrected chi connectivity index (χ1v) is 6.85. The molecule has 0 saturated carbocycles. The molecule has 3 rings (SSSR count). The third kappa shape index (κ3) is 3.16. The number of benzene rings is 1. The minimum atomic E-state index is 0.595. The van der Waals surface area contributed by atoms with E-state index >= 15 is 0 Å². The third-order valence-corrected chi connectivity index (χ3v) is 3.16. The highest BCUT2D eigenvalue weighted by molar-refractivity contribution is 5.45. The van der Waals surface area contributed by atoms with E-state index in [1.54, 1.807) is 6.20 Å². The average molecular weight is 286 g/mol. The smallest absolute Gasteiger partial charge is 0.224 e. The summed E-state index contributed by atoms with van der Waals surface area (Å²) in [7, 11) is 3.90. The van der Waals surface area contributed by atoms with E-state index in [1.165, 1.54) is 0 Å². The maximum Gasteiger partial charge on any atom is 0.224 e. The van der Waals surface area contributed by atoms with Gasteiger partial charge in [0.05, 0.1) is 0 Å². The van der Waals surface area contributed by atoms with Crippen molar-refractivity contribution < 1.29 is 9.47 Å². The number of hydrogen-bond donors (Lipinski definition) is 1. The van der Waals surface area contributed by atoms with Gasteiger partial charge in [-0.15, -0.1) is 0 Å². The maximum absolute atomic E-state index is 5.58. The lowest BCUT2D eigenvalue weighted by Gasteiger charge is -2.19.